The molecule has 7 nitrogen and oxygen atoms in total. The predicted molar refractivity (Wildman–Crippen MR) is 111 cm³/mol. The molecule has 0 radical (unpaired) electrons. The zero-order chi connectivity index (χ0) is 20.4. The largest absolute Gasteiger partial charge is 0.378 e. The Balaban J connectivity index is 1.59. The van der Waals surface area contributed by atoms with E-state index in [1.165, 1.54) is 0 Å². The van der Waals surface area contributed by atoms with Crippen LogP contribution in [0.5, 0.6) is 0 Å². The Labute approximate surface area is 169 Å². The van der Waals surface area contributed by atoms with Crippen LogP contribution < -0.4 is 5.32 Å². The van der Waals surface area contributed by atoms with Crippen molar-refractivity contribution in [2.24, 2.45) is 0 Å². The summed E-state index contributed by atoms with van der Waals surface area (Å²) in [7, 11) is 0. The lowest BCUT2D eigenvalue weighted by atomic mass is 10.1. The number of nitrogens with zero attached hydrogens (tertiary/aromatic N) is 3. The van der Waals surface area contributed by atoms with Crippen molar-refractivity contribution < 1.29 is 14.3 Å². The Morgan fingerprint density at radius 3 is 2.62 bits per heavy atom. The number of aryl methyl sites for hydroxylation is 2. The topological polar surface area (TPSA) is 76.5 Å². The van der Waals surface area contributed by atoms with Gasteiger partial charge in [0, 0.05) is 24.2 Å². The minimum atomic E-state index is -0.185. The van der Waals surface area contributed by atoms with E-state index in [1.807, 2.05) is 56.3 Å². The highest BCUT2D eigenvalue weighted by Crippen LogP contribution is 2.21. The fourth-order valence-corrected chi connectivity index (χ4v) is 3.60. The van der Waals surface area contributed by atoms with Gasteiger partial charge < -0.3 is 15.0 Å². The number of amides is 2. The van der Waals surface area contributed by atoms with Crippen LogP contribution in [0.15, 0.2) is 42.5 Å². The summed E-state index contributed by atoms with van der Waals surface area (Å²) >= 11 is 0. The Morgan fingerprint density at radius 2 is 1.86 bits per heavy atom. The molecule has 2 aromatic carbocycles. The molecule has 1 saturated heterocycles. The Kier molecular flexibility index (Phi) is 5.31. The summed E-state index contributed by atoms with van der Waals surface area (Å²) in [4.78, 5) is 27.4. The van der Waals surface area contributed by atoms with Crippen LogP contribution >= 0.6 is 0 Å². The summed E-state index contributed by atoms with van der Waals surface area (Å²) in [6, 6.07) is 13.4. The third-order valence-corrected chi connectivity index (χ3v) is 5.11. The van der Waals surface area contributed by atoms with Crippen molar-refractivity contribution in [2.75, 3.05) is 31.6 Å². The number of ether oxygens (including phenoxy) is 1. The smallest absolute Gasteiger partial charge is 0.275 e. The molecule has 1 aliphatic heterocycles. The number of para-hydroxylation sites is 1. The van der Waals surface area contributed by atoms with Crippen molar-refractivity contribution in [2.45, 2.75) is 20.4 Å². The van der Waals surface area contributed by atoms with Gasteiger partial charge in [-0.25, -0.2) is 0 Å². The number of nitrogens with one attached hydrogen (secondary N) is 1. The minimum absolute atomic E-state index is 0.0320. The summed E-state index contributed by atoms with van der Waals surface area (Å²) < 4.78 is 6.93. The van der Waals surface area contributed by atoms with Crippen molar-refractivity contribution in [3.05, 3.63) is 59.3 Å². The molecule has 1 fully saturated rings. The van der Waals surface area contributed by atoms with Gasteiger partial charge in [0.25, 0.3) is 5.91 Å². The summed E-state index contributed by atoms with van der Waals surface area (Å²) in [6.07, 6.45) is 0. The van der Waals surface area contributed by atoms with Crippen LogP contribution in [-0.4, -0.2) is 52.8 Å². The molecule has 3 aromatic rings. The first-order valence-corrected chi connectivity index (χ1v) is 9.72. The van der Waals surface area contributed by atoms with E-state index in [9.17, 15) is 9.59 Å². The van der Waals surface area contributed by atoms with Crippen LogP contribution in [0.3, 0.4) is 0 Å². The number of morpholine rings is 1. The number of anilines is 1. The molecule has 1 N–H and O–H groups in total. The van der Waals surface area contributed by atoms with Gasteiger partial charge in [0.1, 0.15) is 6.54 Å². The lowest BCUT2D eigenvalue weighted by molar-refractivity contribution is -0.116. The van der Waals surface area contributed by atoms with Crippen molar-refractivity contribution >= 4 is 28.4 Å². The van der Waals surface area contributed by atoms with Crippen LogP contribution in [0.4, 0.5) is 5.69 Å². The average molecular weight is 392 g/mol. The lowest BCUT2D eigenvalue weighted by Gasteiger charge is -2.26. The molecule has 0 aliphatic carbocycles. The van der Waals surface area contributed by atoms with Gasteiger partial charge in [-0.05, 0) is 31.5 Å². The second-order valence-electron chi connectivity index (χ2n) is 7.29. The van der Waals surface area contributed by atoms with E-state index in [0.717, 1.165) is 27.7 Å². The molecule has 0 bridgehead atoms. The van der Waals surface area contributed by atoms with Gasteiger partial charge in [0.05, 0.1) is 18.7 Å². The van der Waals surface area contributed by atoms with Gasteiger partial charge in [-0.3, -0.25) is 14.3 Å². The van der Waals surface area contributed by atoms with Crippen LogP contribution in [0.1, 0.15) is 21.6 Å². The standard InChI is InChI=1S/C22H24N4O3/c1-15-7-8-18(16(2)13-15)23-20(27)14-26-19-6-4-3-5-17(19)21(24-26)22(28)25-9-11-29-12-10-25/h3-8,13H,9-12,14H2,1-2H3,(H,23,27). The lowest BCUT2D eigenvalue weighted by Crippen LogP contribution is -2.41. The van der Waals surface area contributed by atoms with E-state index in [2.05, 4.69) is 10.4 Å². The Hall–Kier alpha value is -3.19. The first-order chi connectivity index (χ1) is 14.0. The van der Waals surface area contributed by atoms with E-state index in [1.54, 1.807) is 9.58 Å². The molecule has 0 saturated carbocycles. The molecule has 1 aromatic heterocycles. The van der Waals surface area contributed by atoms with E-state index >= 15 is 0 Å². The highest BCUT2D eigenvalue weighted by molar-refractivity contribution is 6.05. The van der Waals surface area contributed by atoms with Crippen LogP contribution in [0.25, 0.3) is 10.9 Å². The summed E-state index contributed by atoms with van der Waals surface area (Å²) in [5, 5.41) is 8.20. The van der Waals surface area contributed by atoms with Crippen molar-refractivity contribution in [1.29, 1.82) is 0 Å². The molecule has 0 unspecified atom stereocenters. The molecule has 0 atom stereocenters. The number of carbonyl (C=O) groups excluding carboxylic acids is 2. The van der Waals surface area contributed by atoms with E-state index in [-0.39, 0.29) is 18.4 Å². The molecule has 150 valence electrons. The number of fused-ring (bicyclic) bond motifs is 1. The fraction of sp³-hybridized carbons (Fsp3) is 0.318. The third-order valence-electron chi connectivity index (χ3n) is 5.11. The molecule has 2 heterocycles. The van der Waals surface area contributed by atoms with Gasteiger partial charge in [0.2, 0.25) is 5.91 Å². The maximum atomic E-state index is 13.0. The monoisotopic (exact) mass is 392 g/mol. The highest BCUT2D eigenvalue weighted by Gasteiger charge is 2.24. The van der Waals surface area contributed by atoms with E-state index < -0.39 is 0 Å². The number of hydrogen-bond acceptors (Lipinski definition) is 4. The van der Waals surface area contributed by atoms with Gasteiger partial charge in [-0.15, -0.1) is 0 Å². The minimum Gasteiger partial charge on any atom is -0.378 e. The summed E-state index contributed by atoms with van der Waals surface area (Å²) in [5.74, 6) is -0.311. The van der Waals surface area contributed by atoms with Gasteiger partial charge >= 0.3 is 0 Å². The molecule has 1 aliphatic rings. The number of carbonyl (C=O) groups is 2. The summed E-state index contributed by atoms with van der Waals surface area (Å²) in [5.41, 5.74) is 4.07. The molecule has 29 heavy (non-hydrogen) atoms. The van der Waals surface area contributed by atoms with Crippen molar-refractivity contribution in [3.8, 4) is 0 Å². The third kappa shape index (κ3) is 4.00. The number of rotatable bonds is 4. The van der Waals surface area contributed by atoms with E-state index in [4.69, 9.17) is 4.74 Å². The zero-order valence-electron chi connectivity index (χ0n) is 16.6. The van der Waals surface area contributed by atoms with Crippen molar-refractivity contribution in [3.63, 3.8) is 0 Å². The average Bonchev–Trinajstić information content (AvgIpc) is 3.09. The molecular formula is C22H24N4O3. The number of hydrogen-bond donors (Lipinski definition) is 1. The summed E-state index contributed by atoms with van der Waals surface area (Å²) in [6.45, 7) is 6.17. The quantitative estimate of drug-likeness (QED) is 0.741. The fourth-order valence-electron chi connectivity index (χ4n) is 3.60. The molecule has 7 heteroatoms. The first-order valence-electron chi connectivity index (χ1n) is 9.72. The van der Waals surface area contributed by atoms with Gasteiger partial charge in [0.15, 0.2) is 5.69 Å². The molecule has 2 amide bonds. The van der Waals surface area contributed by atoms with Crippen LogP contribution in [0, 0.1) is 13.8 Å². The second kappa shape index (κ2) is 8.05. The highest BCUT2D eigenvalue weighted by atomic mass is 16.5. The second-order valence-corrected chi connectivity index (χ2v) is 7.29. The van der Waals surface area contributed by atoms with Crippen LogP contribution in [-0.2, 0) is 16.1 Å². The normalized spacial score (nSPS) is 14.2. The molecule has 4 rings (SSSR count). The molecular weight excluding hydrogens is 368 g/mol. The van der Waals surface area contributed by atoms with Gasteiger partial charge in [-0.1, -0.05) is 35.9 Å². The molecule has 0 spiro atoms. The number of aromatic nitrogens is 2. The first kappa shape index (κ1) is 19.1. The van der Waals surface area contributed by atoms with E-state index in [0.29, 0.717) is 32.0 Å². The van der Waals surface area contributed by atoms with Crippen LogP contribution in [0.2, 0.25) is 0 Å². The van der Waals surface area contributed by atoms with Crippen molar-refractivity contribution in [1.82, 2.24) is 14.7 Å². The number of benzene rings is 2. The Morgan fingerprint density at radius 1 is 1.10 bits per heavy atom. The maximum absolute atomic E-state index is 13.0. The van der Waals surface area contributed by atoms with Gasteiger partial charge in [-0.2, -0.15) is 5.10 Å². The maximum Gasteiger partial charge on any atom is 0.275 e. The Bertz CT molecular complexity index is 1070. The SMILES string of the molecule is Cc1ccc(NC(=O)Cn2nc(C(=O)N3CCOCC3)c3ccccc32)c(C)c1. The predicted octanol–water partition coefficient (Wildman–Crippen LogP) is 2.76. The zero-order valence-corrected chi connectivity index (χ0v) is 16.6.